The summed E-state index contributed by atoms with van der Waals surface area (Å²) < 4.78 is 0. The molecule has 1 aliphatic heterocycles. The van der Waals surface area contributed by atoms with Crippen LogP contribution in [0.4, 0.5) is 0 Å². The second kappa shape index (κ2) is 6.50. The fourth-order valence-corrected chi connectivity index (χ4v) is 2.36. The summed E-state index contributed by atoms with van der Waals surface area (Å²) in [5, 5.41) is 9.77. The van der Waals surface area contributed by atoms with E-state index in [0.29, 0.717) is 13.1 Å². The zero-order chi connectivity index (χ0) is 13.8. The van der Waals surface area contributed by atoms with Crippen molar-refractivity contribution < 1.29 is 9.90 Å². The van der Waals surface area contributed by atoms with E-state index >= 15 is 0 Å². The Labute approximate surface area is 110 Å². The zero-order valence-electron chi connectivity index (χ0n) is 11.9. The number of hydrogen-bond acceptors (Lipinski definition) is 4. The van der Waals surface area contributed by atoms with Crippen LogP contribution in [0.3, 0.4) is 0 Å². The summed E-state index contributed by atoms with van der Waals surface area (Å²) in [5.41, 5.74) is 4.81. The van der Waals surface area contributed by atoms with Gasteiger partial charge in [-0.25, -0.2) is 0 Å². The normalized spacial score (nSPS) is 19.9. The van der Waals surface area contributed by atoms with E-state index in [9.17, 15) is 9.90 Å². The lowest BCUT2D eigenvalue weighted by Crippen LogP contribution is -2.53. The molecule has 1 aliphatic rings. The van der Waals surface area contributed by atoms with Gasteiger partial charge in [-0.2, -0.15) is 0 Å². The molecule has 1 fully saturated rings. The Bertz CT molecular complexity index is 268. The fraction of sp³-hybridized carbons (Fsp3) is 0.923. The Morgan fingerprint density at radius 1 is 1.33 bits per heavy atom. The van der Waals surface area contributed by atoms with Gasteiger partial charge >= 0.3 is 0 Å². The molecule has 0 radical (unpaired) electrons. The quantitative estimate of drug-likeness (QED) is 0.721. The minimum atomic E-state index is -0.668. The molecule has 1 heterocycles. The molecule has 1 amide bonds. The molecule has 0 saturated carbocycles. The second-order valence-corrected chi connectivity index (χ2v) is 5.89. The molecular formula is C13H27N3O2. The highest BCUT2D eigenvalue weighted by Crippen LogP contribution is 2.12. The Hall–Kier alpha value is -0.650. The average molecular weight is 257 g/mol. The van der Waals surface area contributed by atoms with Crippen molar-refractivity contribution in [3.8, 4) is 0 Å². The van der Waals surface area contributed by atoms with Crippen molar-refractivity contribution in [3.05, 3.63) is 0 Å². The topological polar surface area (TPSA) is 69.8 Å². The lowest BCUT2D eigenvalue weighted by Gasteiger charge is -2.38. The van der Waals surface area contributed by atoms with Crippen molar-refractivity contribution in [2.75, 3.05) is 39.3 Å². The van der Waals surface area contributed by atoms with Crippen LogP contribution in [0.15, 0.2) is 0 Å². The minimum Gasteiger partial charge on any atom is -0.389 e. The minimum absolute atomic E-state index is 0.0239. The van der Waals surface area contributed by atoms with Gasteiger partial charge in [0.15, 0.2) is 0 Å². The van der Waals surface area contributed by atoms with Crippen LogP contribution in [0.1, 0.15) is 27.2 Å². The van der Waals surface area contributed by atoms with E-state index in [1.807, 2.05) is 25.7 Å². The second-order valence-electron chi connectivity index (χ2n) is 5.89. The van der Waals surface area contributed by atoms with Gasteiger partial charge in [0.2, 0.25) is 5.91 Å². The van der Waals surface area contributed by atoms with Crippen molar-refractivity contribution in [1.82, 2.24) is 9.80 Å². The summed E-state index contributed by atoms with van der Waals surface area (Å²) in [5.74, 6) is 0.235. The summed E-state index contributed by atoms with van der Waals surface area (Å²) in [6.07, 6.45) is 0.753. The van der Waals surface area contributed by atoms with Gasteiger partial charge in [-0.05, 0) is 26.8 Å². The summed E-state index contributed by atoms with van der Waals surface area (Å²) in [6, 6.07) is 0. The fourth-order valence-electron chi connectivity index (χ4n) is 2.36. The molecule has 106 valence electrons. The van der Waals surface area contributed by atoms with Gasteiger partial charge in [-0.15, -0.1) is 0 Å². The number of nitrogens with two attached hydrogens (primary N) is 1. The Balaban J connectivity index is 2.37. The Kier molecular flexibility index (Phi) is 5.56. The van der Waals surface area contributed by atoms with Crippen molar-refractivity contribution >= 4 is 5.91 Å². The van der Waals surface area contributed by atoms with E-state index < -0.39 is 5.60 Å². The van der Waals surface area contributed by atoms with Gasteiger partial charge in [0.05, 0.1) is 5.60 Å². The number of amides is 1. The number of hydrogen-bond donors (Lipinski definition) is 2. The highest BCUT2D eigenvalue weighted by atomic mass is 16.3. The SMILES string of the molecule is CC(CCN)C(=O)N1CCN(CC(C)(C)O)CC1. The molecule has 1 unspecified atom stereocenters. The molecule has 5 heteroatoms. The first-order valence-corrected chi connectivity index (χ1v) is 6.77. The predicted molar refractivity (Wildman–Crippen MR) is 72.2 cm³/mol. The van der Waals surface area contributed by atoms with Crippen molar-refractivity contribution in [1.29, 1.82) is 0 Å². The molecule has 0 aromatic carbocycles. The summed E-state index contributed by atoms with van der Waals surface area (Å²) >= 11 is 0. The molecule has 3 N–H and O–H groups in total. The van der Waals surface area contributed by atoms with Crippen LogP contribution < -0.4 is 5.73 Å². The highest BCUT2D eigenvalue weighted by molar-refractivity contribution is 5.78. The lowest BCUT2D eigenvalue weighted by molar-refractivity contribution is -0.137. The van der Waals surface area contributed by atoms with E-state index in [-0.39, 0.29) is 11.8 Å². The maximum Gasteiger partial charge on any atom is 0.225 e. The van der Waals surface area contributed by atoms with E-state index in [1.165, 1.54) is 0 Å². The number of nitrogens with zero attached hydrogens (tertiary/aromatic N) is 2. The van der Waals surface area contributed by atoms with Crippen LogP contribution in [0.2, 0.25) is 0 Å². The van der Waals surface area contributed by atoms with Gasteiger partial charge in [-0.3, -0.25) is 9.69 Å². The van der Waals surface area contributed by atoms with Gasteiger partial charge in [0.1, 0.15) is 0 Å². The van der Waals surface area contributed by atoms with Gasteiger partial charge in [0, 0.05) is 38.6 Å². The number of carbonyl (C=O) groups is 1. The number of carbonyl (C=O) groups excluding carboxylic acids is 1. The first-order chi connectivity index (χ1) is 8.33. The third-order valence-electron chi connectivity index (χ3n) is 3.32. The first-order valence-electron chi connectivity index (χ1n) is 6.77. The van der Waals surface area contributed by atoms with Crippen LogP contribution in [0, 0.1) is 5.92 Å². The van der Waals surface area contributed by atoms with Crippen LogP contribution in [0.25, 0.3) is 0 Å². The van der Waals surface area contributed by atoms with Crippen molar-refractivity contribution in [2.45, 2.75) is 32.8 Å². The summed E-state index contributed by atoms with van der Waals surface area (Å²) in [6.45, 7) is 9.98. The predicted octanol–water partition coefficient (Wildman–Crippen LogP) is -0.114. The first kappa shape index (κ1) is 15.4. The summed E-state index contributed by atoms with van der Waals surface area (Å²) in [7, 11) is 0. The number of aliphatic hydroxyl groups is 1. The monoisotopic (exact) mass is 257 g/mol. The molecule has 1 rings (SSSR count). The maximum absolute atomic E-state index is 12.1. The van der Waals surface area contributed by atoms with Crippen LogP contribution in [-0.2, 0) is 4.79 Å². The smallest absolute Gasteiger partial charge is 0.225 e. The van der Waals surface area contributed by atoms with E-state index in [2.05, 4.69) is 4.90 Å². The average Bonchev–Trinajstić information content (AvgIpc) is 2.27. The van der Waals surface area contributed by atoms with Gasteiger partial charge in [0.25, 0.3) is 0 Å². The van der Waals surface area contributed by atoms with Crippen LogP contribution in [-0.4, -0.2) is 65.7 Å². The zero-order valence-corrected chi connectivity index (χ0v) is 11.9. The lowest BCUT2D eigenvalue weighted by atomic mass is 10.1. The Morgan fingerprint density at radius 2 is 1.89 bits per heavy atom. The molecule has 0 aromatic rings. The number of rotatable bonds is 5. The Morgan fingerprint density at radius 3 is 2.33 bits per heavy atom. The van der Waals surface area contributed by atoms with Gasteiger partial charge < -0.3 is 15.7 Å². The largest absolute Gasteiger partial charge is 0.389 e. The molecule has 0 aliphatic carbocycles. The van der Waals surface area contributed by atoms with Crippen molar-refractivity contribution in [3.63, 3.8) is 0 Å². The van der Waals surface area contributed by atoms with Crippen LogP contribution in [0.5, 0.6) is 0 Å². The molecule has 1 atom stereocenters. The van der Waals surface area contributed by atoms with E-state index in [4.69, 9.17) is 5.73 Å². The molecule has 0 bridgehead atoms. The maximum atomic E-state index is 12.1. The standard InChI is InChI=1S/C13H27N3O2/c1-11(4-5-14)12(17)16-8-6-15(7-9-16)10-13(2,3)18/h11,18H,4-10,14H2,1-3H3. The third-order valence-corrected chi connectivity index (χ3v) is 3.32. The molecule has 18 heavy (non-hydrogen) atoms. The van der Waals surface area contributed by atoms with Gasteiger partial charge in [-0.1, -0.05) is 6.92 Å². The van der Waals surface area contributed by atoms with E-state index in [1.54, 1.807) is 0 Å². The third kappa shape index (κ3) is 4.92. The van der Waals surface area contributed by atoms with Crippen LogP contribution >= 0.6 is 0 Å². The molecular weight excluding hydrogens is 230 g/mol. The number of β-amino-alcohol motifs (C(OH)–C–C–N with tert-alkyl or cyclic N) is 1. The molecule has 0 spiro atoms. The molecule has 1 saturated heterocycles. The molecule has 0 aromatic heterocycles. The number of piperazine rings is 1. The highest BCUT2D eigenvalue weighted by Gasteiger charge is 2.26. The summed E-state index contributed by atoms with van der Waals surface area (Å²) in [4.78, 5) is 16.2. The van der Waals surface area contributed by atoms with E-state index in [0.717, 1.165) is 32.6 Å². The molecule has 5 nitrogen and oxygen atoms in total. The van der Waals surface area contributed by atoms with Crippen molar-refractivity contribution in [2.24, 2.45) is 11.7 Å².